The second-order valence-corrected chi connectivity index (χ2v) is 7.87. The van der Waals surface area contributed by atoms with Gasteiger partial charge in [-0.3, -0.25) is 14.5 Å². The fourth-order valence-electron chi connectivity index (χ4n) is 4.27. The maximum Gasteiger partial charge on any atom is 0.248 e. The molecule has 0 spiro atoms. The van der Waals surface area contributed by atoms with Gasteiger partial charge in [0.05, 0.1) is 13.2 Å². The Kier molecular flexibility index (Phi) is 5.97. The third-order valence-electron chi connectivity index (χ3n) is 5.89. The molecule has 2 aromatic rings. The number of fused-ring (bicyclic) bond motifs is 1. The van der Waals surface area contributed by atoms with E-state index in [1.165, 1.54) is 0 Å². The van der Waals surface area contributed by atoms with Crippen molar-refractivity contribution < 1.29 is 14.3 Å². The molecule has 1 atom stereocenters. The highest BCUT2D eigenvalue weighted by Gasteiger charge is 2.32. The molecule has 2 N–H and O–H groups in total. The molecule has 1 saturated heterocycles. The molecule has 4 rings (SSSR count). The van der Waals surface area contributed by atoms with E-state index in [0.29, 0.717) is 51.4 Å². The van der Waals surface area contributed by atoms with Gasteiger partial charge in [-0.1, -0.05) is 43.0 Å². The second kappa shape index (κ2) is 8.81. The van der Waals surface area contributed by atoms with Crippen LogP contribution in [0.3, 0.4) is 0 Å². The lowest BCUT2D eigenvalue weighted by molar-refractivity contribution is -0.136. The zero-order valence-electron chi connectivity index (χ0n) is 17.0. The normalized spacial score (nSPS) is 19.4. The van der Waals surface area contributed by atoms with Gasteiger partial charge in [0, 0.05) is 44.2 Å². The molecule has 2 aliphatic heterocycles. The van der Waals surface area contributed by atoms with Crippen LogP contribution >= 0.6 is 0 Å². The highest BCUT2D eigenvalue weighted by molar-refractivity contribution is 5.92. The second-order valence-electron chi connectivity index (χ2n) is 7.87. The first-order chi connectivity index (χ1) is 14.5. The van der Waals surface area contributed by atoms with Crippen molar-refractivity contribution in [3.8, 4) is 0 Å². The number of primary amides is 1. The van der Waals surface area contributed by atoms with E-state index in [-0.39, 0.29) is 11.9 Å². The Morgan fingerprint density at radius 3 is 2.47 bits per heavy atom. The van der Waals surface area contributed by atoms with Crippen molar-refractivity contribution in [3.63, 3.8) is 0 Å². The molecule has 0 radical (unpaired) electrons. The van der Waals surface area contributed by atoms with Crippen LogP contribution in [-0.4, -0.2) is 54.5 Å². The Hall–Kier alpha value is -2.96. The number of nitrogens with two attached hydrogens (primary N) is 1. The molecule has 6 heteroatoms. The van der Waals surface area contributed by atoms with E-state index >= 15 is 0 Å². The molecule has 2 heterocycles. The molecule has 6 nitrogen and oxygen atoms in total. The molecule has 0 aromatic heterocycles. The molecule has 0 aliphatic carbocycles. The van der Waals surface area contributed by atoms with Gasteiger partial charge >= 0.3 is 0 Å². The van der Waals surface area contributed by atoms with Gasteiger partial charge in [-0.15, -0.1) is 0 Å². The average Bonchev–Trinajstić information content (AvgIpc) is 2.77. The smallest absolute Gasteiger partial charge is 0.248 e. The van der Waals surface area contributed by atoms with Crippen LogP contribution < -0.4 is 5.73 Å². The first kappa shape index (κ1) is 20.3. The lowest BCUT2D eigenvalue weighted by Gasteiger charge is -2.39. The summed E-state index contributed by atoms with van der Waals surface area (Å²) in [4.78, 5) is 28.6. The zero-order valence-corrected chi connectivity index (χ0v) is 17.0. The van der Waals surface area contributed by atoms with Crippen LogP contribution in [0.4, 0.5) is 0 Å². The van der Waals surface area contributed by atoms with E-state index in [2.05, 4.69) is 23.6 Å². The van der Waals surface area contributed by atoms with E-state index < -0.39 is 5.91 Å². The number of rotatable bonds is 5. The van der Waals surface area contributed by atoms with Crippen LogP contribution in [0.5, 0.6) is 0 Å². The molecule has 2 amide bonds. The number of morpholine rings is 1. The van der Waals surface area contributed by atoms with Crippen molar-refractivity contribution in [1.82, 2.24) is 9.80 Å². The molecular formula is C24H27N3O3. The average molecular weight is 405 g/mol. The van der Waals surface area contributed by atoms with Gasteiger partial charge in [-0.2, -0.15) is 0 Å². The number of carbonyl (C=O) groups is 2. The quantitative estimate of drug-likeness (QED) is 0.830. The molecule has 2 aromatic carbocycles. The summed E-state index contributed by atoms with van der Waals surface area (Å²) in [5.74, 6) is -0.282. The van der Waals surface area contributed by atoms with E-state index in [1.807, 2.05) is 29.2 Å². The van der Waals surface area contributed by atoms with Gasteiger partial charge in [0.15, 0.2) is 0 Å². The molecule has 156 valence electrons. The predicted octanol–water partition coefficient (Wildman–Crippen LogP) is 2.60. The highest BCUT2D eigenvalue weighted by Crippen LogP contribution is 2.38. The predicted molar refractivity (Wildman–Crippen MR) is 116 cm³/mol. The van der Waals surface area contributed by atoms with Crippen LogP contribution in [0, 0.1) is 0 Å². The molecule has 2 aliphatic rings. The number of hydrogen-bond acceptors (Lipinski definition) is 4. The van der Waals surface area contributed by atoms with Crippen molar-refractivity contribution in [1.29, 1.82) is 0 Å². The van der Waals surface area contributed by atoms with Crippen LogP contribution in [0.25, 0.3) is 5.57 Å². The van der Waals surface area contributed by atoms with Crippen molar-refractivity contribution in [2.45, 2.75) is 19.0 Å². The Morgan fingerprint density at radius 2 is 1.77 bits per heavy atom. The van der Waals surface area contributed by atoms with Gasteiger partial charge in [0.2, 0.25) is 11.8 Å². The Bertz CT molecular complexity index is 948. The first-order valence-electron chi connectivity index (χ1n) is 10.3. The maximum absolute atomic E-state index is 13.0. The highest BCUT2D eigenvalue weighted by atomic mass is 16.5. The number of amides is 2. The minimum atomic E-state index is -0.434. The molecule has 0 saturated carbocycles. The summed E-state index contributed by atoms with van der Waals surface area (Å²) in [6.07, 6.45) is 0.420. The van der Waals surface area contributed by atoms with Crippen molar-refractivity contribution in [3.05, 3.63) is 77.4 Å². The molecule has 1 fully saturated rings. The first-order valence-corrected chi connectivity index (χ1v) is 10.3. The lowest BCUT2D eigenvalue weighted by atomic mass is 9.87. The Balaban J connectivity index is 1.59. The molecule has 30 heavy (non-hydrogen) atoms. The van der Waals surface area contributed by atoms with Crippen LogP contribution in [0.2, 0.25) is 0 Å². The van der Waals surface area contributed by atoms with Gasteiger partial charge in [-0.25, -0.2) is 0 Å². The minimum Gasteiger partial charge on any atom is -0.378 e. The summed E-state index contributed by atoms with van der Waals surface area (Å²) >= 11 is 0. The third-order valence-corrected chi connectivity index (χ3v) is 5.89. The number of ether oxygens (including phenoxy) is 1. The van der Waals surface area contributed by atoms with Gasteiger partial charge < -0.3 is 15.4 Å². The number of carbonyl (C=O) groups excluding carboxylic acids is 2. The SMILES string of the molecule is C=C1CN(Cc2ccc(C(N)=O)cc2)C(CC(=O)N2CCOCC2)c2ccccc21. The summed E-state index contributed by atoms with van der Waals surface area (Å²) in [6, 6.07) is 15.5. The molecule has 1 unspecified atom stereocenters. The summed E-state index contributed by atoms with van der Waals surface area (Å²) in [5, 5.41) is 0. The van der Waals surface area contributed by atoms with Crippen molar-refractivity contribution in [2.75, 3.05) is 32.8 Å². The standard InChI is InChI=1S/C24H27N3O3/c1-17-15-27(16-18-6-8-19(9-7-18)24(25)29)22(21-5-3-2-4-20(17)21)14-23(28)26-10-12-30-13-11-26/h2-9,22H,1,10-16H2,(H2,25,29). The van der Waals surface area contributed by atoms with E-state index in [9.17, 15) is 9.59 Å². The van der Waals surface area contributed by atoms with E-state index in [1.54, 1.807) is 12.1 Å². The van der Waals surface area contributed by atoms with Crippen molar-refractivity contribution in [2.24, 2.45) is 5.73 Å². The summed E-state index contributed by atoms with van der Waals surface area (Å²) in [5.41, 5.74) is 10.2. The monoisotopic (exact) mass is 405 g/mol. The van der Waals surface area contributed by atoms with E-state index in [4.69, 9.17) is 10.5 Å². The number of benzene rings is 2. The fraction of sp³-hybridized carbons (Fsp3) is 0.333. The molecular weight excluding hydrogens is 378 g/mol. The number of hydrogen-bond donors (Lipinski definition) is 1. The van der Waals surface area contributed by atoms with Crippen LogP contribution in [0.15, 0.2) is 55.1 Å². The fourth-order valence-corrected chi connectivity index (χ4v) is 4.27. The van der Waals surface area contributed by atoms with Gasteiger partial charge in [0.25, 0.3) is 0 Å². The van der Waals surface area contributed by atoms with Crippen LogP contribution in [-0.2, 0) is 16.1 Å². The summed E-state index contributed by atoms with van der Waals surface area (Å²) < 4.78 is 5.39. The van der Waals surface area contributed by atoms with Gasteiger partial charge in [-0.05, 0) is 34.4 Å². The molecule has 0 bridgehead atoms. The summed E-state index contributed by atoms with van der Waals surface area (Å²) in [7, 11) is 0. The summed E-state index contributed by atoms with van der Waals surface area (Å²) in [6.45, 7) is 8.11. The Labute approximate surface area is 176 Å². The minimum absolute atomic E-state index is 0.0298. The Morgan fingerprint density at radius 1 is 1.07 bits per heavy atom. The third kappa shape index (κ3) is 4.30. The zero-order chi connectivity index (χ0) is 21.1. The largest absolute Gasteiger partial charge is 0.378 e. The van der Waals surface area contributed by atoms with E-state index in [0.717, 1.165) is 22.3 Å². The topological polar surface area (TPSA) is 75.9 Å². The maximum atomic E-state index is 13.0. The van der Waals surface area contributed by atoms with Crippen molar-refractivity contribution >= 4 is 17.4 Å². The lowest BCUT2D eigenvalue weighted by Crippen LogP contribution is -2.43. The van der Waals surface area contributed by atoms with Gasteiger partial charge in [0.1, 0.15) is 0 Å². The van der Waals surface area contributed by atoms with Crippen LogP contribution in [0.1, 0.15) is 39.5 Å². The number of nitrogens with zero attached hydrogens (tertiary/aromatic N) is 2.